The molecule has 0 spiro atoms. The first kappa shape index (κ1) is 25.1. The number of nitrogen functional groups attached to an aromatic ring is 2. The molecule has 4 rings (SSSR count). The van der Waals surface area contributed by atoms with Crippen molar-refractivity contribution < 1.29 is 31.2 Å². The Morgan fingerprint density at radius 1 is 0.548 bits per heavy atom. The molecule has 162 valence electrons. The van der Waals surface area contributed by atoms with Gasteiger partial charge in [0, 0.05) is 22.5 Å². The van der Waals surface area contributed by atoms with Crippen molar-refractivity contribution in [2.75, 3.05) is 11.5 Å². The van der Waals surface area contributed by atoms with Gasteiger partial charge in [0.2, 0.25) is 0 Å². The van der Waals surface area contributed by atoms with Crippen LogP contribution < -0.4 is 11.5 Å². The van der Waals surface area contributed by atoms with Gasteiger partial charge < -0.3 is 42.1 Å². The van der Waals surface area contributed by atoms with Crippen molar-refractivity contribution in [3.63, 3.8) is 0 Å². The van der Waals surface area contributed by atoms with Crippen LogP contribution in [0.4, 0.5) is 11.4 Å². The molecule has 0 amide bonds. The summed E-state index contributed by atoms with van der Waals surface area (Å²) >= 11 is 0. The van der Waals surface area contributed by atoms with E-state index in [9.17, 15) is 0 Å². The zero-order valence-electron chi connectivity index (χ0n) is 15.7. The molecule has 0 radical (unpaired) electrons. The van der Waals surface area contributed by atoms with E-state index in [1.807, 2.05) is 36.4 Å². The van der Waals surface area contributed by atoms with Crippen molar-refractivity contribution in [3.8, 4) is 11.1 Å². The molecular formula is C20H16N4O6Pt. The second-order valence-corrected chi connectivity index (χ2v) is 5.95. The summed E-state index contributed by atoms with van der Waals surface area (Å²) < 4.78 is 0. The van der Waals surface area contributed by atoms with E-state index in [-0.39, 0.29) is 21.1 Å². The first-order valence-corrected chi connectivity index (χ1v) is 8.40. The molecule has 0 unspecified atom stereocenters. The summed E-state index contributed by atoms with van der Waals surface area (Å²) in [6.07, 6.45) is 0. The molecule has 0 aliphatic heterocycles. The average Bonchev–Trinajstić information content (AvgIpc) is 2.68. The minimum absolute atomic E-state index is 0. The van der Waals surface area contributed by atoms with E-state index in [1.165, 1.54) is 10.8 Å². The summed E-state index contributed by atoms with van der Waals surface area (Å²) in [5, 5.41) is 34.1. The van der Waals surface area contributed by atoms with Crippen molar-refractivity contribution in [3.05, 3.63) is 103 Å². The van der Waals surface area contributed by atoms with Gasteiger partial charge in [-0.2, -0.15) is 0 Å². The summed E-state index contributed by atoms with van der Waals surface area (Å²) in [6, 6.07) is 24.6. The van der Waals surface area contributed by atoms with Crippen LogP contribution in [0.2, 0.25) is 0 Å². The molecule has 4 N–H and O–H groups in total. The van der Waals surface area contributed by atoms with Crippen molar-refractivity contribution in [1.82, 2.24) is 0 Å². The molecule has 0 aliphatic rings. The number of nitrogens with zero attached hydrogens (tertiary/aromatic N) is 2. The van der Waals surface area contributed by atoms with Gasteiger partial charge in [0.25, 0.3) is 0 Å². The zero-order chi connectivity index (χ0) is 22.3. The zero-order valence-corrected chi connectivity index (χ0v) is 18.0. The number of nitrogens with two attached hydrogens (primary N) is 2. The van der Waals surface area contributed by atoms with Crippen molar-refractivity contribution in [2.24, 2.45) is 0 Å². The van der Waals surface area contributed by atoms with Crippen LogP contribution in [0, 0.1) is 30.6 Å². The molecule has 11 heteroatoms. The van der Waals surface area contributed by atoms with Gasteiger partial charge in [-0.05, 0) is 33.7 Å². The second-order valence-electron chi connectivity index (χ2n) is 5.95. The quantitative estimate of drug-likeness (QED) is 0.183. The molecule has 4 aromatic carbocycles. The molecule has 0 aliphatic carbocycles. The smallest absolute Gasteiger partial charge is 0.398 e. The van der Waals surface area contributed by atoms with E-state index in [0.717, 1.165) is 33.3 Å². The number of hydrogen-bond donors (Lipinski definition) is 2. The Labute approximate surface area is 190 Å². The summed E-state index contributed by atoms with van der Waals surface area (Å²) in [5.41, 5.74) is 16.2. The Balaban J connectivity index is 0.000000465. The molecule has 4 aromatic rings. The molecule has 0 fully saturated rings. The maximum absolute atomic E-state index is 8.25. The fourth-order valence-corrected chi connectivity index (χ4v) is 3.13. The van der Waals surface area contributed by atoms with Gasteiger partial charge in [-0.1, -0.05) is 60.7 Å². The number of benzene rings is 4. The standard InChI is InChI=1S/C20H16N2.2NO3.Pt/c21-17-11-9-13-5-1-3-7-15(13)19(17)20-16-8-4-2-6-14(16)10-12-18(20)22;2*2-1(3)4;/h1-12H,21-22H2;;;/q;2*-1;+2. The monoisotopic (exact) mass is 603 g/mol. The van der Waals surface area contributed by atoms with Crippen molar-refractivity contribution >= 4 is 32.9 Å². The molecule has 0 saturated carbocycles. The third-order valence-corrected chi connectivity index (χ3v) is 4.17. The first-order chi connectivity index (χ1) is 14.2. The third kappa shape index (κ3) is 6.55. The third-order valence-electron chi connectivity index (χ3n) is 4.17. The second kappa shape index (κ2) is 11.3. The molecule has 0 saturated heterocycles. The fourth-order valence-electron chi connectivity index (χ4n) is 3.13. The van der Waals surface area contributed by atoms with Crippen molar-refractivity contribution in [2.45, 2.75) is 0 Å². The van der Waals surface area contributed by atoms with Gasteiger partial charge in [0.15, 0.2) is 0 Å². The van der Waals surface area contributed by atoms with Crippen LogP contribution >= 0.6 is 0 Å². The van der Waals surface area contributed by atoms with Gasteiger partial charge >= 0.3 is 21.1 Å². The summed E-state index contributed by atoms with van der Waals surface area (Å²) in [4.78, 5) is 16.5. The summed E-state index contributed by atoms with van der Waals surface area (Å²) in [7, 11) is 0. The van der Waals surface area contributed by atoms with Crippen LogP contribution in [0.3, 0.4) is 0 Å². The summed E-state index contributed by atoms with van der Waals surface area (Å²) in [6.45, 7) is 0. The Hall–Kier alpha value is -3.91. The molecule has 10 nitrogen and oxygen atoms in total. The van der Waals surface area contributed by atoms with Gasteiger partial charge in [0.05, 0.1) is 10.2 Å². The first-order valence-electron chi connectivity index (χ1n) is 8.40. The van der Waals surface area contributed by atoms with Crippen LogP contribution in [0.25, 0.3) is 32.7 Å². The van der Waals surface area contributed by atoms with E-state index in [4.69, 9.17) is 42.1 Å². The normalized spacial score (nSPS) is 9.42. The van der Waals surface area contributed by atoms with Gasteiger partial charge in [-0.3, -0.25) is 0 Å². The number of hydrogen-bond acceptors (Lipinski definition) is 8. The molecule has 0 heterocycles. The van der Waals surface area contributed by atoms with E-state index in [1.54, 1.807) is 0 Å². The molecule has 0 aromatic heterocycles. The van der Waals surface area contributed by atoms with E-state index >= 15 is 0 Å². The molecular weight excluding hydrogens is 587 g/mol. The van der Waals surface area contributed by atoms with Crippen LogP contribution in [-0.2, 0) is 21.1 Å². The van der Waals surface area contributed by atoms with Crippen LogP contribution in [0.1, 0.15) is 0 Å². The molecule has 0 atom stereocenters. The van der Waals surface area contributed by atoms with Crippen LogP contribution in [0.15, 0.2) is 72.8 Å². The summed E-state index contributed by atoms with van der Waals surface area (Å²) in [5.74, 6) is 0. The molecule has 31 heavy (non-hydrogen) atoms. The maximum Gasteiger partial charge on any atom is 2.00 e. The minimum atomic E-state index is -1.75. The Kier molecular flexibility index (Phi) is 9.17. The number of anilines is 2. The van der Waals surface area contributed by atoms with Gasteiger partial charge in [0.1, 0.15) is 0 Å². The Morgan fingerprint density at radius 2 is 0.839 bits per heavy atom. The predicted molar refractivity (Wildman–Crippen MR) is 116 cm³/mol. The minimum Gasteiger partial charge on any atom is -0.398 e. The van der Waals surface area contributed by atoms with E-state index in [2.05, 4.69) is 36.4 Å². The van der Waals surface area contributed by atoms with Crippen LogP contribution in [0.5, 0.6) is 0 Å². The number of rotatable bonds is 1. The molecule has 0 bridgehead atoms. The predicted octanol–water partition coefficient (Wildman–Crippen LogP) is 4.34. The van der Waals surface area contributed by atoms with Gasteiger partial charge in [-0.15, -0.1) is 0 Å². The van der Waals surface area contributed by atoms with E-state index in [0.29, 0.717) is 0 Å². The SMILES string of the molecule is Nc1ccc2ccccc2c1-c1c(N)ccc2ccccc12.O=[N+]([O-])[O-].O=[N+]([O-])[O-].[Pt+2]. The van der Waals surface area contributed by atoms with Crippen LogP contribution in [-0.4, -0.2) is 10.2 Å². The van der Waals surface area contributed by atoms with E-state index < -0.39 is 10.2 Å². The Bertz CT molecular complexity index is 1120. The average molecular weight is 603 g/mol. The topological polar surface area (TPSA) is 184 Å². The fraction of sp³-hybridized carbons (Fsp3) is 0. The Morgan fingerprint density at radius 3 is 1.16 bits per heavy atom. The maximum atomic E-state index is 8.25. The van der Waals surface area contributed by atoms with Crippen molar-refractivity contribution in [1.29, 1.82) is 0 Å². The number of fused-ring (bicyclic) bond motifs is 2. The largest absolute Gasteiger partial charge is 2.00 e. The van der Waals surface area contributed by atoms with Gasteiger partial charge in [-0.25, -0.2) is 0 Å².